The number of H-pyrrole nitrogens is 1. The fraction of sp³-hybridized carbons (Fsp3) is 0.0556. The van der Waals surface area contributed by atoms with Crippen LogP contribution in [0.25, 0.3) is 10.9 Å². The number of halogens is 1. The quantitative estimate of drug-likeness (QED) is 0.671. The van der Waals surface area contributed by atoms with Crippen LogP contribution in [-0.2, 0) is 4.79 Å². The van der Waals surface area contributed by atoms with E-state index in [2.05, 4.69) is 15.6 Å². The van der Waals surface area contributed by atoms with Gasteiger partial charge in [-0.25, -0.2) is 0 Å². The molecule has 0 fully saturated rings. The Morgan fingerprint density at radius 1 is 1.04 bits per heavy atom. The second-order valence-electron chi connectivity index (χ2n) is 5.31. The fourth-order valence-electron chi connectivity index (χ4n) is 2.33. The number of nitrogens with one attached hydrogen (secondary N) is 3. The molecule has 2 amide bonds. The Balaban J connectivity index is 1.66. The molecule has 0 saturated carbocycles. The number of carbonyl (C=O) groups excluding carboxylic acids is 2. The average molecular weight is 356 g/mol. The van der Waals surface area contributed by atoms with Crippen molar-refractivity contribution < 1.29 is 9.59 Å². The van der Waals surface area contributed by atoms with Gasteiger partial charge in [0.05, 0.1) is 6.54 Å². The van der Waals surface area contributed by atoms with E-state index in [1.54, 1.807) is 48.5 Å². The Morgan fingerprint density at radius 2 is 1.76 bits per heavy atom. The first kappa shape index (κ1) is 16.7. The third-order valence-corrected chi connectivity index (χ3v) is 3.82. The van der Waals surface area contributed by atoms with E-state index in [0.717, 1.165) is 0 Å². The minimum Gasteiger partial charge on any atom is -0.360 e. The average Bonchev–Trinajstić information content (AvgIpc) is 2.62. The highest BCUT2D eigenvalue weighted by Crippen LogP contribution is 2.13. The number of amides is 2. The van der Waals surface area contributed by atoms with Crippen LogP contribution in [0.5, 0.6) is 0 Å². The zero-order valence-corrected chi connectivity index (χ0v) is 13.8. The summed E-state index contributed by atoms with van der Waals surface area (Å²) in [5.41, 5.74) is 0.777. The van der Waals surface area contributed by atoms with Crippen LogP contribution in [0.4, 0.5) is 5.69 Å². The number of hydrogen-bond acceptors (Lipinski definition) is 3. The number of fused-ring (bicyclic) bond motifs is 1. The van der Waals surface area contributed by atoms with Gasteiger partial charge in [0.25, 0.3) is 5.91 Å². The van der Waals surface area contributed by atoms with Gasteiger partial charge in [0.2, 0.25) is 11.3 Å². The molecule has 1 aromatic heterocycles. The van der Waals surface area contributed by atoms with Crippen molar-refractivity contribution in [3.05, 3.63) is 75.5 Å². The van der Waals surface area contributed by atoms with Crippen LogP contribution in [-0.4, -0.2) is 23.3 Å². The normalized spacial score (nSPS) is 10.4. The molecule has 7 heteroatoms. The maximum absolute atomic E-state index is 12.3. The first-order valence-corrected chi connectivity index (χ1v) is 7.86. The molecule has 3 aromatic rings. The van der Waals surface area contributed by atoms with Gasteiger partial charge < -0.3 is 15.6 Å². The maximum Gasteiger partial charge on any atom is 0.257 e. The van der Waals surface area contributed by atoms with Gasteiger partial charge in [0, 0.05) is 27.8 Å². The summed E-state index contributed by atoms with van der Waals surface area (Å²) in [6.07, 6.45) is 1.34. The van der Waals surface area contributed by atoms with Gasteiger partial charge in [-0.05, 0) is 36.4 Å². The van der Waals surface area contributed by atoms with E-state index in [4.69, 9.17) is 11.6 Å². The van der Waals surface area contributed by atoms with Gasteiger partial charge in [-0.3, -0.25) is 14.4 Å². The fourth-order valence-corrected chi connectivity index (χ4v) is 2.46. The standard InChI is InChI=1S/C18H14ClN3O3/c19-11-5-7-12(8-6-11)22-16(23)10-21-18(25)14-9-20-15-4-2-1-3-13(15)17(14)24/h1-9H,10H2,(H,20,24)(H,21,25)(H,22,23). The first-order valence-electron chi connectivity index (χ1n) is 7.48. The zero-order valence-electron chi connectivity index (χ0n) is 13.0. The van der Waals surface area contributed by atoms with Crippen molar-refractivity contribution in [2.45, 2.75) is 0 Å². The molecule has 0 saturated heterocycles. The van der Waals surface area contributed by atoms with E-state index >= 15 is 0 Å². The minimum atomic E-state index is -0.613. The lowest BCUT2D eigenvalue weighted by atomic mass is 10.1. The Morgan fingerprint density at radius 3 is 2.52 bits per heavy atom. The molecule has 25 heavy (non-hydrogen) atoms. The second kappa shape index (κ2) is 7.19. The number of hydrogen-bond donors (Lipinski definition) is 3. The van der Waals surface area contributed by atoms with Gasteiger partial charge in [-0.1, -0.05) is 23.7 Å². The molecule has 0 aliphatic carbocycles. The smallest absolute Gasteiger partial charge is 0.257 e. The van der Waals surface area contributed by atoms with E-state index in [0.29, 0.717) is 21.6 Å². The lowest BCUT2D eigenvalue weighted by Gasteiger charge is -2.07. The van der Waals surface area contributed by atoms with Crippen LogP contribution in [0.1, 0.15) is 10.4 Å². The summed E-state index contributed by atoms with van der Waals surface area (Å²) < 4.78 is 0. The topological polar surface area (TPSA) is 91.1 Å². The Hall–Kier alpha value is -3.12. The Kier molecular flexibility index (Phi) is 4.81. The summed E-state index contributed by atoms with van der Waals surface area (Å²) in [6.45, 7) is -0.256. The van der Waals surface area contributed by atoms with Crippen molar-refractivity contribution in [2.75, 3.05) is 11.9 Å². The van der Waals surface area contributed by atoms with Gasteiger partial charge in [0.15, 0.2) is 0 Å². The Labute approximate surface area is 147 Å². The van der Waals surface area contributed by atoms with E-state index in [1.165, 1.54) is 6.20 Å². The van der Waals surface area contributed by atoms with Crippen molar-refractivity contribution >= 4 is 40.0 Å². The molecule has 0 unspecified atom stereocenters. The third-order valence-electron chi connectivity index (χ3n) is 3.57. The highest BCUT2D eigenvalue weighted by atomic mass is 35.5. The van der Waals surface area contributed by atoms with Crippen molar-refractivity contribution in [1.82, 2.24) is 10.3 Å². The summed E-state index contributed by atoms with van der Waals surface area (Å²) in [6, 6.07) is 13.5. The number of rotatable bonds is 4. The Bertz CT molecular complexity index is 996. The molecule has 3 N–H and O–H groups in total. The summed E-state index contributed by atoms with van der Waals surface area (Å²) >= 11 is 5.77. The monoisotopic (exact) mass is 355 g/mol. The van der Waals surface area contributed by atoms with E-state index in [-0.39, 0.29) is 17.5 Å². The molecule has 0 aliphatic rings. The van der Waals surface area contributed by atoms with Crippen molar-refractivity contribution in [3.63, 3.8) is 0 Å². The predicted octanol–water partition coefficient (Wildman–Crippen LogP) is 2.55. The van der Waals surface area contributed by atoms with Gasteiger partial charge in [-0.15, -0.1) is 0 Å². The molecule has 0 bridgehead atoms. The zero-order chi connectivity index (χ0) is 17.8. The van der Waals surface area contributed by atoms with Crippen LogP contribution in [0, 0.1) is 0 Å². The van der Waals surface area contributed by atoms with Gasteiger partial charge >= 0.3 is 0 Å². The van der Waals surface area contributed by atoms with Gasteiger partial charge in [-0.2, -0.15) is 0 Å². The number of para-hydroxylation sites is 1. The largest absolute Gasteiger partial charge is 0.360 e. The number of aromatic amines is 1. The van der Waals surface area contributed by atoms with Crippen LogP contribution in [0.2, 0.25) is 5.02 Å². The molecule has 0 radical (unpaired) electrons. The highest BCUT2D eigenvalue weighted by molar-refractivity contribution is 6.30. The summed E-state index contributed by atoms with van der Waals surface area (Å²) in [5, 5.41) is 6.04. The van der Waals surface area contributed by atoms with Crippen molar-refractivity contribution in [3.8, 4) is 0 Å². The van der Waals surface area contributed by atoms with Crippen LogP contribution in [0.15, 0.2) is 59.5 Å². The number of benzene rings is 2. The summed E-state index contributed by atoms with van der Waals surface area (Å²) in [5.74, 6) is -1.02. The third kappa shape index (κ3) is 3.87. The molecule has 6 nitrogen and oxygen atoms in total. The molecular weight excluding hydrogens is 342 g/mol. The number of anilines is 1. The first-order chi connectivity index (χ1) is 12.0. The molecule has 0 aliphatic heterocycles. The van der Waals surface area contributed by atoms with Crippen LogP contribution in [0.3, 0.4) is 0 Å². The van der Waals surface area contributed by atoms with E-state index in [1.807, 2.05) is 0 Å². The van der Waals surface area contributed by atoms with E-state index < -0.39 is 11.8 Å². The number of aromatic nitrogens is 1. The van der Waals surface area contributed by atoms with E-state index in [9.17, 15) is 14.4 Å². The molecular formula is C18H14ClN3O3. The number of pyridine rings is 1. The van der Waals surface area contributed by atoms with Crippen molar-refractivity contribution in [2.24, 2.45) is 0 Å². The maximum atomic E-state index is 12.3. The lowest BCUT2D eigenvalue weighted by molar-refractivity contribution is -0.115. The van der Waals surface area contributed by atoms with Crippen LogP contribution < -0.4 is 16.1 Å². The SMILES string of the molecule is O=C(CNC(=O)c1c[nH]c2ccccc2c1=O)Nc1ccc(Cl)cc1. The molecule has 1 heterocycles. The summed E-state index contributed by atoms with van der Waals surface area (Å²) in [4.78, 5) is 39.3. The molecule has 0 spiro atoms. The molecule has 0 atom stereocenters. The molecule has 126 valence electrons. The highest BCUT2D eigenvalue weighted by Gasteiger charge is 2.13. The number of carbonyl (C=O) groups is 2. The van der Waals surface area contributed by atoms with Crippen molar-refractivity contribution in [1.29, 1.82) is 0 Å². The predicted molar refractivity (Wildman–Crippen MR) is 97.0 cm³/mol. The molecule has 3 rings (SSSR count). The lowest BCUT2D eigenvalue weighted by Crippen LogP contribution is -2.35. The summed E-state index contributed by atoms with van der Waals surface area (Å²) in [7, 11) is 0. The minimum absolute atomic E-state index is 0.0435. The molecule has 2 aromatic carbocycles. The van der Waals surface area contributed by atoms with Crippen LogP contribution >= 0.6 is 11.6 Å². The van der Waals surface area contributed by atoms with Gasteiger partial charge in [0.1, 0.15) is 5.56 Å². The second-order valence-corrected chi connectivity index (χ2v) is 5.75.